The van der Waals surface area contributed by atoms with Gasteiger partial charge in [-0.1, -0.05) is 23.4 Å². The SMILES string of the molecule is F[P-](F)(F)(F)(F)F.F[P-](F)(F)(F)(F)F.F[P-](F)(F)(F)(F)F.F[P-](F)(F)(F)(F)F.[C+4].c1ccc2c(c1)nnn2OC1CCCCN1N1CCCCC1. The van der Waals surface area contributed by atoms with E-state index in [4.69, 9.17) is 4.84 Å². The smallest absolute Gasteiger partial charge is 0.374 e. The molecule has 3 heterocycles. The average Bonchev–Trinajstić information content (AvgIpc) is 3.14. The first-order valence-electron chi connectivity index (χ1n) is 12.5. The molecule has 0 radical (unpaired) electrons. The molecule has 2 aromatic rings. The van der Waals surface area contributed by atoms with Gasteiger partial charge in [-0.05, 0) is 43.0 Å². The second-order valence-electron chi connectivity index (χ2n) is 10.0. The molecule has 0 saturated carbocycles. The number of aromatic nitrogens is 3. The first-order chi connectivity index (χ1) is 20.7. The number of rotatable bonds is 3. The Bertz CT molecular complexity index is 1270. The molecule has 1 atom stereocenters. The molecule has 51 heavy (non-hydrogen) atoms. The second kappa shape index (κ2) is 12.7. The van der Waals surface area contributed by atoms with Gasteiger partial charge in [0.1, 0.15) is 11.0 Å². The van der Waals surface area contributed by atoms with Crippen LogP contribution < -0.4 is 4.84 Å². The van der Waals surface area contributed by atoms with Gasteiger partial charge < -0.3 is 4.84 Å². The van der Waals surface area contributed by atoms with Crippen LogP contribution in [0.5, 0.6) is 0 Å². The van der Waals surface area contributed by atoms with Crippen LogP contribution in [0.1, 0.15) is 38.5 Å². The first kappa shape index (κ1) is 51.5. The number of halogens is 24. The van der Waals surface area contributed by atoms with Crippen molar-refractivity contribution in [2.75, 3.05) is 19.6 Å². The Morgan fingerprint density at radius 2 is 0.863 bits per heavy atom. The Hall–Kier alpha value is -1.62. The van der Waals surface area contributed by atoms with Crippen molar-refractivity contribution in [2.45, 2.75) is 44.8 Å². The maximum absolute atomic E-state index is 10.7. The van der Waals surface area contributed by atoms with Crippen molar-refractivity contribution in [1.29, 1.82) is 0 Å². The molecule has 0 spiro atoms. The summed E-state index contributed by atoms with van der Waals surface area (Å²) in [6, 6.07) is 7.94. The van der Waals surface area contributed by atoms with Gasteiger partial charge in [0.05, 0.1) is 0 Å². The normalized spacial score (nSPS) is 23.3. The van der Waals surface area contributed by atoms with Crippen molar-refractivity contribution in [2.24, 2.45) is 0 Å². The molecule has 0 N–H and O–H groups in total. The van der Waals surface area contributed by atoms with E-state index in [0.717, 1.165) is 37.1 Å². The first-order valence-corrected chi connectivity index (χ1v) is 20.6. The summed E-state index contributed by atoms with van der Waals surface area (Å²) in [6.45, 7) is 3.38. The third-order valence-electron chi connectivity index (χ3n) is 4.66. The Morgan fingerprint density at radius 3 is 1.25 bits per heavy atom. The maximum Gasteiger partial charge on any atom is 4.00 e. The molecule has 2 fully saturated rings. The van der Waals surface area contributed by atoms with Crippen LogP contribution in [0.3, 0.4) is 0 Å². The van der Waals surface area contributed by atoms with E-state index in [0.29, 0.717) is 0 Å². The summed E-state index contributed by atoms with van der Waals surface area (Å²) in [5.74, 6) is 0. The topological polar surface area (TPSA) is 46.4 Å². The van der Waals surface area contributed by atoms with Crippen LogP contribution in [-0.2, 0) is 0 Å². The predicted octanol–water partition coefficient (Wildman–Crippen LogP) is 15.7. The Kier molecular flexibility index (Phi) is 12.8. The van der Waals surface area contributed by atoms with Gasteiger partial charge >= 0.3 is 139 Å². The average molecular weight is 893 g/mol. The standard InChI is InChI=1S/C16H23N5O.C.4F6P/c1-5-11-19(12-6-1)20-13-7-4-10-16(20)22-21-15-9-3-2-8-14(15)17-18-21;;4*1-7(2,3,4,5)6/h2-3,8-9,16H,1,4-7,10-13H2;;;;;/q;+4;4*-1. The van der Waals surface area contributed by atoms with Crippen LogP contribution in [-0.4, -0.2) is 51.0 Å². The second-order valence-corrected chi connectivity index (χ2v) is 17.7. The summed E-state index contributed by atoms with van der Waals surface area (Å²) < 4.78 is 237. The van der Waals surface area contributed by atoms with Crippen LogP contribution in [0.25, 0.3) is 11.0 Å². The van der Waals surface area contributed by atoms with E-state index in [9.17, 15) is 101 Å². The van der Waals surface area contributed by atoms with Crippen LogP contribution in [0, 0.1) is 7.43 Å². The van der Waals surface area contributed by atoms with Crippen molar-refractivity contribution < 1.29 is 106 Å². The van der Waals surface area contributed by atoms with Gasteiger partial charge in [-0.25, -0.2) is 10.0 Å². The molecular weight excluding hydrogens is 870 g/mol. The zero-order chi connectivity index (χ0) is 40.4. The van der Waals surface area contributed by atoms with E-state index in [-0.39, 0.29) is 13.7 Å². The van der Waals surface area contributed by atoms with Crippen molar-refractivity contribution in [3.05, 3.63) is 31.7 Å². The number of piperidine rings is 2. The van der Waals surface area contributed by atoms with Crippen LogP contribution in [0.15, 0.2) is 24.3 Å². The molecular formula is C17H23F24N5OP4. The molecule has 1 aromatic heterocycles. The minimum atomic E-state index is -10.7. The Morgan fingerprint density at radius 1 is 0.510 bits per heavy atom. The van der Waals surface area contributed by atoms with Crippen LogP contribution in [0.4, 0.5) is 101 Å². The fourth-order valence-corrected chi connectivity index (χ4v) is 3.49. The van der Waals surface area contributed by atoms with E-state index >= 15 is 0 Å². The van der Waals surface area contributed by atoms with Gasteiger partial charge in [0.15, 0.2) is 6.23 Å². The third kappa shape index (κ3) is 50.5. The Labute approximate surface area is 269 Å². The van der Waals surface area contributed by atoms with Crippen molar-refractivity contribution in [3.63, 3.8) is 0 Å². The summed E-state index contributed by atoms with van der Waals surface area (Å²) >= 11 is 0. The van der Waals surface area contributed by atoms with Crippen molar-refractivity contribution >= 4 is 42.3 Å². The largest absolute Gasteiger partial charge is 4.00 e. The molecule has 0 aliphatic carbocycles. The molecule has 1 aromatic carbocycles. The van der Waals surface area contributed by atoms with Gasteiger partial charge in [0.2, 0.25) is 0 Å². The number of para-hydroxylation sites is 1. The summed E-state index contributed by atoms with van der Waals surface area (Å²) in [7, 11) is -42.6. The number of hydrazine groups is 1. The van der Waals surface area contributed by atoms with E-state index < -0.39 is 31.2 Å². The fourth-order valence-electron chi connectivity index (χ4n) is 3.49. The van der Waals surface area contributed by atoms with Gasteiger partial charge in [-0.2, -0.15) is 0 Å². The Balaban J connectivity index is 0. The van der Waals surface area contributed by atoms with Gasteiger partial charge in [-0.15, -0.1) is 5.10 Å². The van der Waals surface area contributed by atoms with E-state index in [1.54, 1.807) is 4.85 Å². The third-order valence-corrected chi connectivity index (χ3v) is 4.66. The van der Waals surface area contributed by atoms with Gasteiger partial charge in [0, 0.05) is 26.1 Å². The van der Waals surface area contributed by atoms with Gasteiger partial charge in [-0.3, -0.25) is 0 Å². The monoisotopic (exact) mass is 893 g/mol. The number of hydrogen-bond donors (Lipinski definition) is 0. The molecule has 2 saturated heterocycles. The summed E-state index contributed by atoms with van der Waals surface area (Å²) in [6.07, 6.45) is 7.49. The van der Waals surface area contributed by atoms with E-state index in [2.05, 4.69) is 20.3 Å². The molecule has 2 aliphatic heterocycles. The van der Waals surface area contributed by atoms with Crippen molar-refractivity contribution in [1.82, 2.24) is 25.2 Å². The predicted molar refractivity (Wildman–Crippen MR) is 141 cm³/mol. The van der Waals surface area contributed by atoms with Crippen molar-refractivity contribution in [3.8, 4) is 0 Å². The van der Waals surface area contributed by atoms with E-state index in [1.165, 1.54) is 32.1 Å². The zero-order valence-electron chi connectivity index (χ0n) is 24.3. The van der Waals surface area contributed by atoms with E-state index in [1.807, 2.05) is 24.3 Å². The van der Waals surface area contributed by atoms with Gasteiger partial charge in [0.25, 0.3) is 0 Å². The quantitative estimate of drug-likeness (QED) is 0.227. The molecule has 4 rings (SSSR count). The minimum Gasteiger partial charge on any atom is -0.374 e. The minimum absolute atomic E-state index is 0. The summed E-state index contributed by atoms with van der Waals surface area (Å²) in [4.78, 5) is 7.80. The number of nitrogens with zero attached hydrogens (tertiary/aromatic N) is 5. The molecule has 0 amide bonds. The molecule has 34 heteroatoms. The number of hydrogen-bond acceptors (Lipinski definition) is 5. The molecule has 0 bridgehead atoms. The summed E-state index contributed by atoms with van der Waals surface area (Å²) in [5.41, 5.74) is 1.81. The molecule has 310 valence electrons. The maximum atomic E-state index is 9.87. The van der Waals surface area contributed by atoms with Crippen LogP contribution >= 0.6 is 31.2 Å². The number of fused-ring (bicyclic) bond motifs is 1. The fraction of sp³-hybridized carbons (Fsp3) is 0.588. The van der Waals surface area contributed by atoms with Crippen LogP contribution in [0.2, 0.25) is 0 Å². The zero-order valence-corrected chi connectivity index (χ0v) is 27.8. The molecule has 6 nitrogen and oxygen atoms in total. The number of benzene rings is 1. The summed E-state index contributed by atoms with van der Waals surface area (Å²) in [5, 5.41) is 13.2. The molecule has 1 unspecified atom stereocenters. The molecule has 2 aliphatic rings.